The van der Waals surface area contributed by atoms with E-state index in [9.17, 15) is 14.4 Å². The van der Waals surface area contributed by atoms with Crippen LogP contribution in [0.2, 0.25) is 0 Å². The molecule has 0 spiro atoms. The molecule has 1 aliphatic rings. The standard InChI is InChI=1S/C12H11NO5/c14-10(8-5-9(8)12(17)18)13-7-3-1-6(2-4-7)11(15)16/h1-4,8-9H,5H2,(H,13,14)(H,15,16)(H,17,18)/t8-,9-/m1/s1. The van der Waals surface area contributed by atoms with Crippen LogP contribution in [0.25, 0.3) is 0 Å². The van der Waals surface area contributed by atoms with Crippen LogP contribution in [-0.2, 0) is 9.59 Å². The summed E-state index contributed by atoms with van der Waals surface area (Å²) in [4.78, 5) is 32.8. The summed E-state index contributed by atoms with van der Waals surface area (Å²) in [5.41, 5.74) is 0.587. The van der Waals surface area contributed by atoms with Crippen LogP contribution in [0.5, 0.6) is 0 Å². The zero-order valence-corrected chi connectivity index (χ0v) is 9.29. The third kappa shape index (κ3) is 2.48. The Kier molecular flexibility index (Phi) is 3.01. The Labute approximate surface area is 102 Å². The molecule has 1 aliphatic carbocycles. The van der Waals surface area contributed by atoms with Gasteiger partial charge in [0.1, 0.15) is 0 Å². The van der Waals surface area contributed by atoms with Crippen molar-refractivity contribution in [2.75, 3.05) is 5.32 Å². The van der Waals surface area contributed by atoms with Crippen LogP contribution in [0.1, 0.15) is 16.8 Å². The number of amides is 1. The van der Waals surface area contributed by atoms with Crippen molar-refractivity contribution in [3.8, 4) is 0 Å². The maximum absolute atomic E-state index is 11.6. The molecule has 0 bridgehead atoms. The predicted octanol–water partition coefficient (Wildman–Crippen LogP) is 1.04. The van der Waals surface area contributed by atoms with Gasteiger partial charge in [-0.2, -0.15) is 0 Å². The molecule has 2 rings (SSSR count). The molecule has 0 aromatic heterocycles. The number of nitrogens with one attached hydrogen (secondary N) is 1. The highest BCUT2D eigenvalue weighted by Gasteiger charge is 2.48. The van der Waals surface area contributed by atoms with E-state index in [0.29, 0.717) is 12.1 Å². The van der Waals surface area contributed by atoms with Gasteiger partial charge in [-0.15, -0.1) is 0 Å². The highest BCUT2D eigenvalue weighted by Crippen LogP contribution is 2.39. The molecule has 18 heavy (non-hydrogen) atoms. The lowest BCUT2D eigenvalue weighted by atomic mass is 10.2. The Morgan fingerprint density at radius 3 is 2.11 bits per heavy atom. The van der Waals surface area contributed by atoms with Gasteiger partial charge in [0, 0.05) is 5.69 Å². The van der Waals surface area contributed by atoms with Gasteiger partial charge < -0.3 is 15.5 Å². The number of carboxylic acid groups (broad SMARTS) is 2. The second kappa shape index (κ2) is 4.48. The number of hydrogen-bond donors (Lipinski definition) is 3. The van der Waals surface area contributed by atoms with Crippen molar-refractivity contribution < 1.29 is 24.6 Å². The minimum atomic E-state index is -1.04. The van der Waals surface area contributed by atoms with E-state index in [1.54, 1.807) is 0 Å². The molecule has 0 aliphatic heterocycles. The lowest BCUT2D eigenvalue weighted by Gasteiger charge is -2.04. The third-order valence-corrected chi connectivity index (χ3v) is 2.84. The average molecular weight is 249 g/mol. The Hall–Kier alpha value is -2.37. The van der Waals surface area contributed by atoms with Crippen molar-refractivity contribution in [2.45, 2.75) is 6.42 Å². The molecule has 0 radical (unpaired) electrons. The molecular weight excluding hydrogens is 238 g/mol. The summed E-state index contributed by atoms with van der Waals surface area (Å²) in [5.74, 6) is -3.42. The van der Waals surface area contributed by atoms with Gasteiger partial charge in [0.25, 0.3) is 0 Å². The van der Waals surface area contributed by atoms with Crippen LogP contribution in [-0.4, -0.2) is 28.1 Å². The van der Waals surface area contributed by atoms with E-state index in [0.717, 1.165) is 0 Å². The summed E-state index contributed by atoms with van der Waals surface area (Å²) < 4.78 is 0. The van der Waals surface area contributed by atoms with Gasteiger partial charge in [-0.3, -0.25) is 9.59 Å². The molecule has 1 fully saturated rings. The van der Waals surface area contributed by atoms with E-state index in [2.05, 4.69) is 5.32 Å². The number of carbonyl (C=O) groups is 3. The fourth-order valence-electron chi connectivity index (χ4n) is 1.69. The van der Waals surface area contributed by atoms with Gasteiger partial charge in [-0.1, -0.05) is 0 Å². The fourth-order valence-corrected chi connectivity index (χ4v) is 1.69. The van der Waals surface area contributed by atoms with Crippen molar-refractivity contribution in [1.82, 2.24) is 0 Å². The predicted molar refractivity (Wildman–Crippen MR) is 61.3 cm³/mol. The van der Waals surface area contributed by atoms with Crippen molar-refractivity contribution >= 4 is 23.5 Å². The average Bonchev–Trinajstić information content (AvgIpc) is 3.09. The topological polar surface area (TPSA) is 104 Å². The van der Waals surface area contributed by atoms with Crippen molar-refractivity contribution in [1.29, 1.82) is 0 Å². The van der Waals surface area contributed by atoms with Crippen LogP contribution in [0.4, 0.5) is 5.69 Å². The van der Waals surface area contributed by atoms with Gasteiger partial charge in [0.15, 0.2) is 0 Å². The number of rotatable bonds is 4. The molecule has 6 heteroatoms. The number of aromatic carboxylic acids is 1. The first kappa shape index (κ1) is 12.1. The summed E-state index contributed by atoms with van der Waals surface area (Å²) in [6.45, 7) is 0. The molecule has 6 nitrogen and oxygen atoms in total. The van der Waals surface area contributed by atoms with Gasteiger partial charge in [-0.25, -0.2) is 4.79 Å². The van der Waals surface area contributed by atoms with Gasteiger partial charge in [0.2, 0.25) is 5.91 Å². The molecule has 0 saturated heterocycles. The normalized spacial score (nSPS) is 21.1. The quantitative estimate of drug-likeness (QED) is 0.739. The Balaban J connectivity index is 1.96. The largest absolute Gasteiger partial charge is 0.481 e. The maximum atomic E-state index is 11.6. The number of aliphatic carboxylic acids is 1. The van der Waals surface area contributed by atoms with E-state index in [1.165, 1.54) is 24.3 Å². The van der Waals surface area contributed by atoms with E-state index < -0.39 is 23.8 Å². The smallest absolute Gasteiger partial charge is 0.335 e. The molecule has 0 heterocycles. The second-order valence-electron chi connectivity index (χ2n) is 4.16. The van der Waals surface area contributed by atoms with Crippen LogP contribution in [0, 0.1) is 11.8 Å². The molecule has 1 amide bonds. The molecule has 1 saturated carbocycles. The summed E-state index contributed by atoms with van der Waals surface area (Å²) >= 11 is 0. The first-order chi connectivity index (χ1) is 8.49. The molecule has 1 aromatic carbocycles. The summed E-state index contributed by atoms with van der Waals surface area (Å²) in [5, 5.41) is 19.9. The van der Waals surface area contributed by atoms with Crippen LogP contribution in [0.15, 0.2) is 24.3 Å². The monoisotopic (exact) mass is 249 g/mol. The Morgan fingerprint density at radius 1 is 1.06 bits per heavy atom. The lowest BCUT2D eigenvalue weighted by molar-refractivity contribution is -0.139. The number of anilines is 1. The van der Waals surface area contributed by atoms with E-state index in [-0.39, 0.29) is 11.5 Å². The molecule has 3 N–H and O–H groups in total. The minimum Gasteiger partial charge on any atom is -0.481 e. The highest BCUT2D eigenvalue weighted by molar-refractivity contribution is 5.98. The van der Waals surface area contributed by atoms with Crippen LogP contribution < -0.4 is 5.32 Å². The van der Waals surface area contributed by atoms with E-state index in [4.69, 9.17) is 10.2 Å². The summed E-state index contributed by atoms with van der Waals surface area (Å²) in [6.07, 6.45) is 0.356. The first-order valence-corrected chi connectivity index (χ1v) is 5.36. The van der Waals surface area contributed by atoms with Gasteiger partial charge in [-0.05, 0) is 30.7 Å². The van der Waals surface area contributed by atoms with Crippen LogP contribution >= 0.6 is 0 Å². The van der Waals surface area contributed by atoms with Crippen molar-refractivity contribution in [2.24, 2.45) is 11.8 Å². The Bertz CT molecular complexity index is 508. The Morgan fingerprint density at radius 2 is 1.67 bits per heavy atom. The number of benzene rings is 1. The van der Waals surface area contributed by atoms with Crippen molar-refractivity contribution in [3.63, 3.8) is 0 Å². The number of carbonyl (C=O) groups excluding carboxylic acids is 1. The summed E-state index contributed by atoms with van der Waals surface area (Å²) in [6, 6.07) is 5.69. The van der Waals surface area contributed by atoms with Gasteiger partial charge >= 0.3 is 11.9 Å². The molecule has 0 unspecified atom stereocenters. The summed E-state index contributed by atoms with van der Waals surface area (Å²) in [7, 11) is 0. The maximum Gasteiger partial charge on any atom is 0.335 e. The van der Waals surface area contributed by atoms with E-state index >= 15 is 0 Å². The van der Waals surface area contributed by atoms with E-state index in [1.807, 2.05) is 0 Å². The van der Waals surface area contributed by atoms with Crippen LogP contribution in [0.3, 0.4) is 0 Å². The zero-order chi connectivity index (χ0) is 13.3. The number of hydrogen-bond acceptors (Lipinski definition) is 3. The zero-order valence-electron chi connectivity index (χ0n) is 9.29. The van der Waals surface area contributed by atoms with Crippen molar-refractivity contribution in [3.05, 3.63) is 29.8 Å². The number of carboxylic acids is 2. The SMILES string of the molecule is O=C(O)c1ccc(NC(=O)[C@@H]2C[C@H]2C(=O)O)cc1. The lowest BCUT2D eigenvalue weighted by Crippen LogP contribution is -2.16. The minimum absolute atomic E-state index is 0.128. The fraction of sp³-hybridized carbons (Fsp3) is 0.250. The molecule has 2 atom stereocenters. The highest BCUT2D eigenvalue weighted by atomic mass is 16.4. The second-order valence-corrected chi connectivity index (χ2v) is 4.16. The molecular formula is C12H11NO5. The molecule has 1 aromatic rings. The van der Waals surface area contributed by atoms with Gasteiger partial charge in [0.05, 0.1) is 17.4 Å². The third-order valence-electron chi connectivity index (χ3n) is 2.84. The first-order valence-electron chi connectivity index (χ1n) is 5.36. The molecule has 94 valence electrons.